The van der Waals surface area contributed by atoms with Crippen LogP contribution in [0.2, 0.25) is 0 Å². The Balaban J connectivity index is 1.58. The minimum atomic E-state index is -0.143. The summed E-state index contributed by atoms with van der Waals surface area (Å²) in [5.41, 5.74) is 2.93. The smallest absolute Gasteiger partial charge is 0.0654 e. The summed E-state index contributed by atoms with van der Waals surface area (Å²) in [4.78, 5) is 2.56. The lowest BCUT2D eigenvalue weighted by molar-refractivity contribution is -0.114. The van der Waals surface area contributed by atoms with Gasteiger partial charge in [0.25, 0.3) is 0 Å². The zero-order valence-electron chi connectivity index (χ0n) is 16.3. The van der Waals surface area contributed by atoms with E-state index in [0.717, 1.165) is 76.3 Å². The standard InChI is InChI=1S/C22H29N3O3/c26-23-19-7-6-17-13-21(12-16-4-2-1-3-5-16)14-18(19)22(17,15-20(21)24-27)25-8-10-28-11-9-25/h1-5,17-18,26-27H,6-15H2/b23-19+,24-20-/t17-,18+,21+,22-/m0/s1. The van der Waals surface area contributed by atoms with Crippen molar-refractivity contribution in [3.63, 3.8) is 0 Å². The van der Waals surface area contributed by atoms with Crippen LogP contribution in [0.1, 0.15) is 37.7 Å². The number of benzene rings is 1. The molecule has 0 amide bonds. The molecule has 6 rings (SSSR count). The van der Waals surface area contributed by atoms with Crippen LogP contribution in [0.15, 0.2) is 40.6 Å². The molecule has 5 aliphatic rings. The molecule has 4 aliphatic carbocycles. The predicted molar refractivity (Wildman–Crippen MR) is 106 cm³/mol. The number of morpholine rings is 1. The number of ether oxygens (including phenoxy) is 1. The van der Waals surface area contributed by atoms with E-state index in [9.17, 15) is 10.4 Å². The molecule has 0 unspecified atom stereocenters. The van der Waals surface area contributed by atoms with Crippen molar-refractivity contribution in [3.05, 3.63) is 35.9 Å². The number of hydrogen-bond acceptors (Lipinski definition) is 6. The van der Waals surface area contributed by atoms with Crippen LogP contribution < -0.4 is 0 Å². The van der Waals surface area contributed by atoms with Crippen molar-refractivity contribution >= 4 is 11.4 Å². The molecule has 0 radical (unpaired) electrons. The van der Waals surface area contributed by atoms with Crippen molar-refractivity contribution in [3.8, 4) is 0 Å². The topological polar surface area (TPSA) is 77.7 Å². The van der Waals surface area contributed by atoms with E-state index in [1.54, 1.807) is 0 Å². The van der Waals surface area contributed by atoms with Crippen LogP contribution in [0.25, 0.3) is 0 Å². The number of rotatable bonds is 3. The Morgan fingerprint density at radius 2 is 1.86 bits per heavy atom. The highest BCUT2D eigenvalue weighted by Gasteiger charge is 2.67. The second kappa shape index (κ2) is 6.85. The van der Waals surface area contributed by atoms with Crippen molar-refractivity contribution in [1.82, 2.24) is 4.90 Å². The molecule has 4 saturated carbocycles. The minimum absolute atomic E-state index is 0.0937. The van der Waals surface area contributed by atoms with Gasteiger partial charge in [0.15, 0.2) is 0 Å². The first kappa shape index (κ1) is 18.1. The maximum Gasteiger partial charge on any atom is 0.0654 e. The van der Waals surface area contributed by atoms with Crippen LogP contribution in [-0.4, -0.2) is 58.6 Å². The molecule has 1 aliphatic heterocycles. The summed E-state index contributed by atoms with van der Waals surface area (Å²) < 4.78 is 5.62. The Morgan fingerprint density at radius 3 is 2.57 bits per heavy atom. The van der Waals surface area contributed by atoms with Crippen LogP contribution in [0.3, 0.4) is 0 Å². The van der Waals surface area contributed by atoms with Gasteiger partial charge >= 0.3 is 0 Å². The lowest BCUT2D eigenvalue weighted by Crippen LogP contribution is -2.74. The third-order valence-electron chi connectivity index (χ3n) is 7.99. The summed E-state index contributed by atoms with van der Waals surface area (Å²) in [6.45, 7) is 3.29. The number of nitrogens with zero attached hydrogens (tertiary/aromatic N) is 3. The summed E-state index contributed by atoms with van der Waals surface area (Å²) in [6, 6.07) is 10.5. The molecule has 0 spiro atoms. The van der Waals surface area contributed by atoms with Crippen molar-refractivity contribution in [2.24, 2.45) is 27.6 Å². The lowest BCUT2D eigenvalue weighted by Gasteiger charge is -2.67. The summed E-state index contributed by atoms with van der Waals surface area (Å²) in [7, 11) is 0. The molecule has 1 aromatic carbocycles. The highest BCUT2D eigenvalue weighted by atomic mass is 16.5. The fraction of sp³-hybridized carbons (Fsp3) is 0.636. The van der Waals surface area contributed by atoms with Gasteiger partial charge in [-0.3, -0.25) is 4.90 Å². The number of oxime groups is 2. The molecule has 28 heavy (non-hydrogen) atoms. The second-order valence-electron chi connectivity index (χ2n) is 9.04. The van der Waals surface area contributed by atoms with E-state index in [1.165, 1.54) is 5.56 Å². The molecule has 1 heterocycles. The molecule has 1 aromatic rings. The monoisotopic (exact) mass is 383 g/mol. The number of hydrogen-bond donors (Lipinski definition) is 2. The zero-order valence-corrected chi connectivity index (χ0v) is 16.3. The molecular formula is C22H29N3O3. The third kappa shape index (κ3) is 2.54. The lowest BCUT2D eigenvalue weighted by atomic mass is 9.42. The van der Waals surface area contributed by atoms with Gasteiger partial charge < -0.3 is 15.2 Å². The van der Waals surface area contributed by atoms with E-state index in [1.807, 2.05) is 6.07 Å². The SMILES string of the molecule is O/N=C1/C[C@]2(N3CCOCC3)[C@H]3CC/C(=N\O)[C@H]2C[C@@]1(Cc1ccccc1)C3. The first-order chi connectivity index (χ1) is 13.7. The minimum Gasteiger partial charge on any atom is -0.411 e. The summed E-state index contributed by atoms with van der Waals surface area (Å²) in [5, 5.41) is 27.5. The van der Waals surface area contributed by atoms with Gasteiger partial charge in [-0.05, 0) is 43.6 Å². The van der Waals surface area contributed by atoms with Gasteiger partial charge in [0.05, 0.1) is 24.6 Å². The molecule has 6 heteroatoms. The van der Waals surface area contributed by atoms with Gasteiger partial charge in [-0.15, -0.1) is 0 Å². The molecule has 4 atom stereocenters. The molecule has 2 N–H and O–H groups in total. The maximum atomic E-state index is 10.0. The molecule has 6 nitrogen and oxygen atoms in total. The first-order valence-electron chi connectivity index (χ1n) is 10.5. The molecule has 4 bridgehead atoms. The fourth-order valence-corrected chi connectivity index (χ4v) is 6.86. The highest BCUT2D eigenvalue weighted by molar-refractivity contribution is 5.98. The molecule has 150 valence electrons. The van der Waals surface area contributed by atoms with E-state index in [0.29, 0.717) is 5.92 Å². The van der Waals surface area contributed by atoms with Gasteiger partial charge in [0.1, 0.15) is 0 Å². The molecule has 0 aromatic heterocycles. The third-order valence-corrected chi connectivity index (χ3v) is 7.99. The van der Waals surface area contributed by atoms with E-state index < -0.39 is 0 Å². The Bertz CT molecular complexity index is 789. The van der Waals surface area contributed by atoms with Gasteiger partial charge in [-0.2, -0.15) is 0 Å². The van der Waals surface area contributed by atoms with Crippen LogP contribution in [0, 0.1) is 17.3 Å². The van der Waals surface area contributed by atoms with E-state index in [4.69, 9.17) is 4.74 Å². The van der Waals surface area contributed by atoms with E-state index in [-0.39, 0.29) is 16.9 Å². The summed E-state index contributed by atoms with van der Waals surface area (Å²) in [6.07, 6.45) is 5.53. The zero-order chi connectivity index (χ0) is 19.2. The first-order valence-corrected chi connectivity index (χ1v) is 10.5. The van der Waals surface area contributed by atoms with Gasteiger partial charge in [0.2, 0.25) is 0 Å². The maximum absolute atomic E-state index is 10.0. The Labute approximate surface area is 165 Å². The summed E-state index contributed by atoms with van der Waals surface area (Å²) in [5.74, 6) is 0.751. The Kier molecular flexibility index (Phi) is 4.43. The average Bonchev–Trinajstić information content (AvgIpc) is 2.75. The summed E-state index contributed by atoms with van der Waals surface area (Å²) >= 11 is 0. The molecular weight excluding hydrogens is 354 g/mol. The van der Waals surface area contributed by atoms with Gasteiger partial charge in [-0.1, -0.05) is 40.6 Å². The highest BCUT2D eigenvalue weighted by Crippen LogP contribution is 2.63. The van der Waals surface area contributed by atoms with Crippen LogP contribution >= 0.6 is 0 Å². The van der Waals surface area contributed by atoms with Crippen molar-refractivity contribution in [2.75, 3.05) is 26.3 Å². The van der Waals surface area contributed by atoms with Crippen molar-refractivity contribution in [1.29, 1.82) is 0 Å². The van der Waals surface area contributed by atoms with Crippen molar-refractivity contribution in [2.45, 2.75) is 44.1 Å². The Hall–Kier alpha value is -1.92. The van der Waals surface area contributed by atoms with Crippen LogP contribution in [0.5, 0.6) is 0 Å². The van der Waals surface area contributed by atoms with Crippen molar-refractivity contribution < 1.29 is 15.2 Å². The predicted octanol–water partition coefficient (Wildman–Crippen LogP) is 3.17. The normalized spacial score (nSPS) is 40.9. The Morgan fingerprint density at radius 1 is 1.07 bits per heavy atom. The molecule has 5 fully saturated rings. The van der Waals surface area contributed by atoms with Crippen LogP contribution in [-0.2, 0) is 11.2 Å². The quantitative estimate of drug-likeness (QED) is 0.621. The second-order valence-corrected chi connectivity index (χ2v) is 9.04. The fourth-order valence-electron chi connectivity index (χ4n) is 6.86. The average molecular weight is 383 g/mol. The van der Waals surface area contributed by atoms with Crippen LogP contribution in [0.4, 0.5) is 0 Å². The number of fused-ring (bicyclic) bond motifs is 1. The largest absolute Gasteiger partial charge is 0.411 e. The van der Waals surface area contributed by atoms with Gasteiger partial charge in [0, 0.05) is 36.4 Å². The molecule has 1 saturated heterocycles. The van der Waals surface area contributed by atoms with Gasteiger partial charge in [-0.25, -0.2) is 0 Å². The van der Waals surface area contributed by atoms with E-state index in [2.05, 4.69) is 39.5 Å². The van der Waals surface area contributed by atoms with E-state index >= 15 is 0 Å².